The van der Waals surface area contributed by atoms with Crippen LogP contribution in [0.25, 0.3) is 0 Å². The Morgan fingerprint density at radius 2 is 2.05 bits per heavy atom. The Kier molecular flexibility index (Phi) is 3.69. The fourth-order valence-electron chi connectivity index (χ4n) is 2.85. The standard InChI is InChI=1S/C13H14ClN5O3/c14-8-3-4-9(18-17-8)15-10(20)7-19-11(21)13(16-12(19)22)5-1-2-6-13/h3-4H,1-2,5-7H2,(H,16,22)(H,15,18,20). The van der Waals surface area contributed by atoms with Crippen LogP contribution in [0.1, 0.15) is 25.7 Å². The van der Waals surface area contributed by atoms with E-state index in [9.17, 15) is 14.4 Å². The minimum Gasteiger partial charge on any atom is -0.323 e. The summed E-state index contributed by atoms with van der Waals surface area (Å²) in [7, 11) is 0. The molecular weight excluding hydrogens is 310 g/mol. The van der Waals surface area contributed by atoms with Crippen molar-refractivity contribution in [2.45, 2.75) is 31.2 Å². The summed E-state index contributed by atoms with van der Waals surface area (Å²) in [6, 6.07) is 2.44. The summed E-state index contributed by atoms with van der Waals surface area (Å²) in [6.45, 7) is -0.350. The van der Waals surface area contributed by atoms with Crippen molar-refractivity contribution in [2.24, 2.45) is 0 Å². The van der Waals surface area contributed by atoms with Crippen LogP contribution in [0, 0.1) is 0 Å². The second kappa shape index (κ2) is 5.53. The molecule has 4 amide bonds. The number of imide groups is 1. The highest BCUT2D eigenvalue weighted by molar-refractivity contribution is 6.29. The van der Waals surface area contributed by atoms with Crippen LogP contribution in [0.2, 0.25) is 5.15 Å². The van der Waals surface area contributed by atoms with Gasteiger partial charge in [0, 0.05) is 0 Å². The van der Waals surface area contributed by atoms with Crippen LogP contribution >= 0.6 is 11.6 Å². The van der Waals surface area contributed by atoms with E-state index >= 15 is 0 Å². The first kappa shape index (κ1) is 14.7. The quantitative estimate of drug-likeness (QED) is 0.805. The van der Waals surface area contributed by atoms with Gasteiger partial charge in [-0.1, -0.05) is 24.4 Å². The van der Waals surface area contributed by atoms with Gasteiger partial charge in [0.05, 0.1) is 0 Å². The Morgan fingerprint density at radius 3 is 2.68 bits per heavy atom. The molecule has 3 rings (SSSR count). The summed E-state index contributed by atoms with van der Waals surface area (Å²) in [5.41, 5.74) is -0.808. The zero-order chi connectivity index (χ0) is 15.7. The van der Waals surface area contributed by atoms with Crippen molar-refractivity contribution in [2.75, 3.05) is 11.9 Å². The molecule has 0 bridgehead atoms. The van der Waals surface area contributed by atoms with E-state index in [1.807, 2.05) is 0 Å². The first-order valence-electron chi connectivity index (χ1n) is 6.93. The molecule has 1 aliphatic carbocycles. The fraction of sp³-hybridized carbons (Fsp3) is 0.462. The molecule has 1 aliphatic heterocycles. The van der Waals surface area contributed by atoms with Crippen LogP contribution in [0.5, 0.6) is 0 Å². The lowest BCUT2D eigenvalue weighted by Crippen LogP contribution is -2.44. The fourth-order valence-corrected chi connectivity index (χ4v) is 2.95. The molecular formula is C13H14ClN5O3. The summed E-state index contributed by atoms with van der Waals surface area (Å²) < 4.78 is 0. The Hall–Kier alpha value is -2.22. The predicted molar refractivity (Wildman–Crippen MR) is 77.1 cm³/mol. The summed E-state index contributed by atoms with van der Waals surface area (Å²) >= 11 is 5.60. The second-order valence-corrected chi connectivity index (χ2v) is 5.79. The van der Waals surface area contributed by atoms with Crippen LogP contribution in [0.3, 0.4) is 0 Å². The van der Waals surface area contributed by atoms with Crippen molar-refractivity contribution < 1.29 is 14.4 Å². The third-order valence-electron chi connectivity index (χ3n) is 3.90. The number of hydrogen-bond acceptors (Lipinski definition) is 5. The molecule has 2 aliphatic rings. The summed E-state index contributed by atoms with van der Waals surface area (Å²) in [5.74, 6) is -0.639. The van der Waals surface area contributed by atoms with Crippen molar-refractivity contribution >= 4 is 35.3 Å². The van der Waals surface area contributed by atoms with E-state index in [1.54, 1.807) is 0 Å². The normalized spacial score (nSPS) is 19.6. The van der Waals surface area contributed by atoms with Gasteiger partial charge in [-0.25, -0.2) is 4.79 Å². The molecule has 1 spiro atoms. The Labute approximate surface area is 131 Å². The minimum absolute atomic E-state index is 0.204. The lowest BCUT2D eigenvalue weighted by molar-refractivity contribution is -0.133. The largest absolute Gasteiger partial charge is 0.325 e. The molecule has 2 fully saturated rings. The van der Waals surface area contributed by atoms with E-state index in [4.69, 9.17) is 11.6 Å². The molecule has 116 valence electrons. The Balaban J connectivity index is 1.65. The van der Waals surface area contributed by atoms with Crippen LogP contribution < -0.4 is 10.6 Å². The average molecular weight is 324 g/mol. The Morgan fingerprint density at radius 1 is 1.32 bits per heavy atom. The van der Waals surface area contributed by atoms with E-state index in [1.165, 1.54) is 12.1 Å². The van der Waals surface area contributed by atoms with Gasteiger partial charge in [0.15, 0.2) is 11.0 Å². The predicted octanol–water partition coefficient (Wildman–Crippen LogP) is 0.933. The molecule has 0 unspecified atom stereocenters. The maximum absolute atomic E-state index is 12.4. The van der Waals surface area contributed by atoms with E-state index in [-0.39, 0.29) is 23.4 Å². The lowest BCUT2D eigenvalue weighted by atomic mass is 9.98. The second-order valence-electron chi connectivity index (χ2n) is 5.40. The number of aromatic nitrogens is 2. The van der Waals surface area contributed by atoms with Crippen LogP contribution in [0.4, 0.5) is 10.6 Å². The number of nitrogens with zero attached hydrogens (tertiary/aromatic N) is 3. The topological polar surface area (TPSA) is 104 Å². The van der Waals surface area contributed by atoms with Gasteiger partial charge in [-0.2, -0.15) is 0 Å². The van der Waals surface area contributed by atoms with Gasteiger partial charge in [-0.15, -0.1) is 10.2 Å². The number of carbonyl (C=O) groups is 3. The van der Waals surface area contributed by atoms with E-state index in [0.29, 0.717) is 12.8 Å². The summed E-state index contributed by atoms with van der Waals surface area (Å²) in [5, 5.41) is 12.7. The van der Waals surface area contributed by atoms with Gasteiger partial charge in [-0.05, 0) is 25.0 Å². The molecule has 2 heterocycles. The molecule has 9 heteroatoms. The maximum Gasteiger partial charge on any atom is 0.325 e. The highest BCUT2D eigenvalue weighted by Crippen LogP contribution is 2.34. The average Bonchev–Trinajstić information content (AvgIpc) is 3.03. The van der Waals surface area contributed by atoms with E-state index in [2.05, 4.69) is 20.8 Å². The van der Waals surface area contributed by atoms with Gasteiger partial charge >= 0.3 is 6.03 Å². The van der Waals surface area contributed by atoms with Crippen molar-refractivity contribution in [1.29, 1.82) is 0 Å². The smallest absolute Gasteiger partial charge is 0.323 e. The van der Waals surface area contributed by atoms with Crippen LogP contribution in [-0.2, 0) is 9.59 Å². The van der Waals surface area contributed by atoms with Gasteiger partial charge < -0.3 is 10.6 Å². The first-order valence-corrected chi connectivity index (χ1v) is 7.31. The SMILES string of the molecule is O=C(CN1C(=O)NC2(CCCC2)C1=O)Nc1ccc(Cl)nn1. The third-order valence-corrected chi connectivity index (χ3v) is 4.11. The number of rotatable bonds is 3. The van der Waals surface area contributed by atoms with Crippen molar-refractivity contribution in [3.05, 3.63) is 17.3 Å². The van der Waals surface area contributed by atoms with Gasteiger partial charge in [-0.3, -0.25) is 14.5 Å². The van der Waals surface area contributed by atoms with Crippen molar-refractivity contribution in [3.63, 3.8) is 0 Å². The lowest BCUT2D eigenvalue weighted by Gasteiger charge is -2.19. The van der Waals surface area contributed by atoms with Gasteiger partial charge in [0.1, 0.15) is 12.1 Å². The zero-order valence-corrected chi connectivity index (χ0v) is 12.4. The first-order chi connectivity index (χ1) is 10.5. The third kappa shape index (κ3) is 2.61. The highest BCUT2D eigenvalue weighted by Gasteiger charge is 2.52. The highest BCUT2D eigenvalue weighted by atomic mass is 35.5. The minimum atomic E-state index is -0.808. The molecule has 1 aromatic heterocycles. The molecule has 1 aromatic rings. The molecule has 1 saturated heterocycles. The number of halogens is 1. The Bertz CT molecular complexity index is 627. The number of urea groups is 1. The molecule has 8 nitrogen and oxygen atoms in total. The molecule has 0 radical (unpaired) electrons. The van der Waals surface area contributed by atoms with Crippen LogP contribution in [0.15, 0.2) is 12.1 Å². The molecule has 0 atom stereocenters. The zero-order valence-electron chi connectivity index (χ0n) is 11.6. The van der Waals surface area contributed by atoms with Crippen LogP contribution in [-0.4, -0.2) is 45.0 Å². The van der Waals surface area contributed by atoms with Gasteiger partial charge in [0.25, 0.3) is 5.91 Å². The molecule has 22 heavy (non-hydrogen) atoms. The van der Waals surface area contributed by atoms with Crippen molar-refractivity contribution in [1.82, 2.24) is 20.4 Å². The van der Waals surface area contributed by atoms with E-state index in [0.717, 1.165) is 17.7 Å². The number of amides is 4. The number of carbonyl (C=O) groups excluding carboxylic acids is 3. The maximum atomic E-state index is 12.4. The van der Waals surface area contributed by atoms with Gasteiger partial charge in [0.2, 0.25) is 5.91 Å². The summed E-state index contributed by atoms with van der Waals surface area (Å²) in [4.78, 5) is 37.2. The monoisotopic (exact) mass is 323 g/mol. The summed E-state index contributed by atoms with van der Waals surface area (Å²) in [6.07, 6.45) is 3.04. The van der Waals surface area contributed by atoms with Crippen molar-refractivity contribution in [3.8, 4) is 0 Å². The molecule has 2 N–H and O–H groups in total. The molecule has 0 aromatic carbocycles. The molecule has 1 saturated carbocycles. The number of hydrogen-bond donors (Lipinski definition) is 2. The number of nitrogens with one attached hydrogen (secondary N) is 2. The van der Waals surface area contributed by atoms with E-state index < -0.39 is 17.5 Å². The number of anilines is 1.